The number of methoxy groups -OCH3 is 2. The Morgan fingerprint density at radius 3 is 1.95 bits per heavy atom. The summed E-state index contributed by atoms with van der Waals surface area (Å²) < 4.78 is 33.9. The van der Waals surface area contributed by atoms with Gasteiger partial charge >= 0.3 is 0 Å². The average Bonchev–Trinajstić information content (AvgIpc) is 3.90. The second-order valence-electron chi connectivity index (χ2n) is 15.2. The Labute approximate surface area is 385 Å². The van der Waals surface area contributed by atoms with Gasteiger partial charge in [0.1, 0.15) is 11.8 Å². The number of nitrogens with one attached hydrogen (secondary N) is 2. The standard InChI is InChI=1S/C35H46Cl2N6O6.C7H12O2.C3H8.C2H6/c1-4-39-6-14-46-16-18-48-19-17-47-15-12-43-10-8-42(9-11-43)7-5-13-49-34-22-30-27(20-33(34)45-3)35(26(24-38)25-40-30)41-31-23-32(44-2)29(37)21-28(31)36;8-6-4-1-2-5(3-4)7(6)9;1-3-2;1-2/h4,20-23,25,39H,1,5-19H2,2-3H3,(H,40,41);4-9H,1-3H2;3H2,1-2H3;1-2H3. The van der Waals surface area contributed by atoms with Crippen LogP contribution in [-0.4, -0.2) is 143 Å². The van der Waals surface area contributed by atoms with Crippen molar-refractivity contribution in [2.24, 2.45) is 11.8 Å². The van der Waals surface area contributed by atoms with Crippen LogP contribution >= 0.6 is 23.2 Å². The molecule has 2 aromatic carbocycles. The van der Waals surface area contributed by atoms with Gasteiger partial charge < -0.3 is 54.2 Å². The fourth-order valence-electron chi connectivity index (χ4n) is 7.51. The van der Waals surface area contributed by atoms with E-state index in [2.05, 4.69) is 51.9 Å². The van der Waals surface area contributed by atoms with Gasteiger partial charge in [0.05, 0.1) is 105 Å². The Kier molecular flexibility index (Phi) is 26.0. The average molecular weight is 920 g/mol. The third kappa shape index (κ3) is 17.4. The van der Waals surface area contributed by atoms with Crippen molar-refractivity contribution in [2.75, 3.05) is 112 Å². The Morgan fingerprint density at radius 2 is 1.40 bits per heavy atom. The van der Waals surface area contributed by atoms with Crippen molar-refractivity contribution in [1.82, 2.24) is 20.1 Å². The van der Waals surface area contributed by atoms with E-state index in [1.165, 1.54) is 19.7 Å². The third-order valence-electron chi connectivity index (χ3n) is 10.8. The van der Waals surface area contributed by atoms with E-state index in [1.54, 1.807) is 25.4 Å². The van der Waals surface area contributed by atoms with Gasteiger partial charge in [0.2, 0.25) is 0 Å². The Bertz CT molecular complexity index is 1790. The second kappa shape index (κ2) is 30.5. The van der Waals surface area contributed by atoms with E-state index in [-0.39, 0.29) is 0 Å². The molecule has 0 spiro atoms. The van der Waals surface area contributed by atoms with Gasteiger partial charge in [-0.1, -0.05) is 63.9 Å². The van der Waals surface area contributed by atoms with Crippen LogP contribution in [0.5, 0.6) is 17.2 Å². The molecule has 2 aliphatic carbocycles. The lowest BCUT2D eigenvalue weighted by molar-refractivity contribution is -0.0160. The lowest BCUT2D eigenvalue weighted by atomic mass is 9.95. The number of hydrogen-bond donors (Lipinski definition) is 4. The van der Waals surface area contributed by atoms with Crippen LogP contribution in [0.3, 0.4) is 0 Å². The summed E-state index contributed by atoms with van der Waals surface area (Å²) in [7, 11) is 3.11. The molecule has 2 saturated carbocycles. The predicted octanol–water partition coefficient (Wildman–Crippen LogP) is 7.92. The first-order valence-electron chi connectivity index (χ1n) is 22.4. The second-order valence-corrected chi connectivity index (χ2v) is 16.0. The number of piperazine rings is 1. The molecule has 3 aromatic rings. The maximum absolute atomic E-state index is 9.84. The van der Waals surface area contributed by atoms with Gasteiger partial charge in [-0.15, -0.1) is 0 Å². The summed E-state index contributed by atoms with van der Waals surface area (Å²) in [6.07, 6.45) is 7.81. The van der Waals surface area contributed by atoms with Crippen LogP contribution in [0.4, 0.5) is 11.4 Å². The summed E-state index contributed by atoms with van der Waals surface area (Å²) in [5, 5.41) is 36.0. The van der Waals surface area contributed by atoms with Crippen molar-refractivity contribution in [3.05, 3.63) is 58.8 Å². The molecule has 0 radical (unpaired) electrons. The number of aliphatic hydroxyl groups excluding tert-OH is 2. The molecule has 4 atom stereocenters. The van der Waals surface area contributed by atoms with Crippen LogP contribution < -0.4 is 24.8 Å². The minimum Gasteiger partial charge on any atom is -0.495 e. The Hall–Kier alpha value is -3.62. The molecule has 2 bridgehead atoms. The highest BCUT2D eigenvalue weighted by molar-refractivity contribution is 6.37. The normalized spacial score (nSPS) is 19.1. The van der Waals surface area contributed by atoms with Gasteiger partial charge in [0.25, 0.3) is 0 Å². The summed E-state index contributed by atoms with van der Waals surface area (Å²) >= 11 is 12.7. The van der Waals surface area contributed by atoms with Crippen LogP contribution in [0.15, 0.2) is 43.2 Å². The molecule has 0 amide bonds. The molecule has 63 heavy (non-hydrogen) atoms. The zero-order valence-corrected chi connectivity index (χ0v) is 39.8. The summed E-state index contributed by atoms with van der Waals surface area (Å²) in [5.74, 6) is 2.42. The zero-order chi connectivity index (χ0) is 46.0. The molecule has 4 N–H and O–H groups in total. The van der Waals surface area contributed by atoms with Crippen molar-refractivity contribution >= 4 is 45.5 Å². The Morgan fingerprint density at radius 1 is 0.810 bits per heavy atom. The van der Waals surface area contributed by atoms with Crippen LogP contribution in [-0.2, 0) is 14.2 Å². The molecule has 4 unspecified atom stereocenters. The van der Waals surface area contributed by atoms with Crippen LogP contribution in [0.1, 0.15) is 65.4 Å². The number of anilines is 2. The smallest absolute Gasteiger partial charge is 0.163 e. The minimum absolute atomic E-state index is 0.344. The van der Waals surface area contributed by atoms with Gasteiger partial charge in [0, 0.05) is 69.5 Å². The quantitative estimate of drug-likeness (QED) is 0.0719. The molecule has 14 nitrogen and oxygen atoms in total. The first kappa shape index (κ1) is 53.7. The number of rotatable bonds is 22. The van der Waals surface area contributed by atoms with Gasteiger partial charge in [-0.25, -0.2) is 0 Å². The van der Waals surface area contributed by atoms with Crippen molar-refractivity contribution in [3.8, 4) is 23.3 Å². The number of fused-ring (bicyclic) bond motifs is 3. The molecule has 3 aliphatic rings. The van der Waals surface area contributed by atoms with Crippen LogP contribution in [0.25, 0.3) is 10.9 Å². The molecule has 1 aliphatic heterocycles. The van der Waals surface area contributed by atoms with E-state index >= 15 is 0 Å². The van der Waals surface area contributed by atoms with Gasteiger partial charge in [-0.2, -0.15) is 5.26 Å². The van der Waals surface area contributed by atoms with Crippen molar-refractivity contribution in [1.29, 1.82) is 5.26 Å². The van der Waals surface area contributed by atoms with Crippen molar-refractivity contribution < 1.29 is 38.6 Å². The van der Waals surface area contributed by atoms with E-state index in [1.807, 2.05) is 26.0 Å². The summed E-state index contributed by atoms with van der Waals surface area (Å²) in [5.41, 5.74) is 2.05. The number of pyridine rings is 1. The zero-order valence-electron chi connectivity index (χ0n) is 38.3. The SMILES string of the molecule is C=CNCCOCCOCCOCCN1CCN(CCCOc2cc3ncc(C#N)c(Nc4cc(OC)c(Cl)cc4Cl)c3cc2OC)CC1.CC.CCC.OC1C2CCC(C2)C1O. The fraction of sp³-hybridized carbons (Fsp3) is 0.617. The number of nitrogens with zero attached hydrogens (tertiary/aromatic N) is 4. The van der Waals surface area contributed by atoms with Crippen LogP contribution in [0.2, 0.25) is 10.0 Å². The van der Waals surface area contributed by atoms with Crippen LogP contribution in [0, 0.1) is 23.2 Å². The van der Waals surface area contributed by atoms with Gasteiger partial charge in [0.15, 0.2) is 11.5 Å². The number of nitriles is 1. The number of hydrogen-bond acceptors (Lipinski definition) is 14. The molecule has 2 heterocycles. The lowest BCUT2D eigenvalue weighted by Crippen LogP contribution is -2.47. The highest BCUT2D eigenvalue weighted by Gasteiger charge is 2.45. The lowest BCUT2D eigenvalue weighted by Gasteiger charge is -2.34. The van der Waals surface area contributed by atoms with E-state index in [4.69, 9.17) is 51.6 Å². The number of ether oxygens (including phenoxy) is 6. The maximum atomic E-state index is 9.84. The van der Waals surface area contributed by atoms with E-state index in [0.717, 1.165) is 71.5 Å². The first-order valence-corrected chi connectivity index (χ1v) is 23.1. The molecular formula is C47H72Cl2N6O8. The van der Waals surface area contributed by atoms with Crippen molar-refractivity contribution in [2.45, 2.75) is 72.0 Å². The third-order valence-corrected chi connectivity index (χ3v) is 11.4. The maximum Gasteiger partial charge on any atom is 0.163 e. The first-order chi connectivity index (χ1) is 30.7. The topological polar surface area (TPSA) is 163 Å². The molecular weight excluding hydrogens is 847 g/mol. The number of benzene rings is 2. The molecule has 16 heteroatoms. The van der Waals surface area contributed by atoms with E-state index < -0.39 is 12.2 Å². The summed E-state index contributed by atoms with van der Waals surface area (Å²) in [6, 6.07) is 9.12. The minimum atomic E-state index is -0.399. The number of halogens is 2. The highest BCUT2D eigenvalue weighted by atomic mass is 35.5. The highest BCUT2D eigenvalue weighted by Crippen LogP contribution is 2.44. The van der Waals surface area contributed by atoms with Gasteiger partial charge in [-0.05, 0) is 55.9 Å². The van der Waals surface area contributed by atoms with Gasteiger partial charge in [-0.3, -0.25) is 9.88 Å². The Balaban J connectivity index is 0.000000642. The fourth-order valence-corrected chi connectivity index (χ4v) is 8.02. The van der Waals surface area contributed by atoms with E-state index in [0.29, 0.717) is 113 Å². The van der Waals surface area contributed by atoms with Crippen molar-refractivity contribution in [3.63, 3.8) is 0 Å². The predicted molar refractivity (Wildman–Crippen MR) is 253 cm³/mol. The van der Waals surface area contributed by atoms with E-state index in [9.17, 15) is 15.5 Å². The molecule has 6 rings (SSSR count). The molecule has 352 valence electrons. The number of aromatic nitrogens is 1. The summed E-state index contributed by atoms with van der Waals surface area (Å²) in [6.45, 7) is 22.7. The largest absolute Gasteiger partial charge is 0.495 e. The molecule has 1 aromatic heterocycles. The number of aliphatic hydroxyl groups is 2. The summed E-state index contributed by atoms with van der Waals surface area (Å²) in [4.78, 5) is 9.41. The molecule has 3 fully saturated rings. The monoisotopic (exact) mass is 918 g/mol. The molecule has 1 saturated heterocycles.